The molecule has 0 spiro atoms. The van der Waals surface area contributed by atoms with Gasteiger partial charge in [0.25, 0.3) is 0 Å². The highest BCUT2D eigenvalue weighted by Crippen LogP contribution is 2.30. The summed E-state index contributed by atoms with van der Waals surface area (Å²) in [6.45, 7) is 2.28. The van der Waals surface area contributed by atoms with Gasteiger partial charge in [-0.15, -0.1) is 0 Å². The summed E-state index contributed by atoms with van der Waals surface area (Å²) in [5, 5.41) is 0. The number of nitrogens with zero attached hydrogens (tertiary/aromatic N) is 1. The second kappa shape index (κ2) is 5.82. The molecule has 2 aliphatic heterocycles. The number of fused-ring (bicyclic) bond motifs is 1. The van der Waals surface area contributed by atoms with Gasteiger partial charge >= 0.3 is 0 Å². The Labute approximate surface area is 126 Å². The largest absolute Gasteiger partial charge is 0.381 e. The van der Waals surface area contributed by atoms with Crippen LogP contribution < -0.4 is 0 Å². The van der Waals surface area contributed by atoms with Crippen LogP contribution in [0.1, 0.15) is 24.0 Å². The maximum atomic E-state index is 13.9. The summed E-state index contributed by atoms with van der Waals surface area (Å²) in [4.78, 5) is 14.2. The first-order valence-electron chi connectivity index (χ1n) is 6.99. The number of hydrogen-bond acceptors (Lipinski definition) is 2. The molecule has 0 aromatic heterocycles. The lowest BCUT2D eigenvalue weighted by atomic mass is 9.96. The molecule has 3 rings (SSSR count). The molecule has 0 aliphatic carbocycles. The van der Waals surface area contributed by atoms with E-state index < -0.39 is 0 Å². The Bertz CT molecular complexity index is 529. The predicted molar refractivity (Wildman–Crippen MR) is 76.8 cm³/mol. The number of benzene rings is 1. The number of carbonyl (C=O) groups excluding carboxylic acids is 1. The number of carbonyl (C=O) groups is 1. The summed E-state index contributed by atoms with van der Waals surface area (Å²) in [7, 11) is 0. The third-order valence-corrected chi connectivity index (χ3v) is 4.86. The molecule has 1 aromatic carbocycles. The highest BCUT2D eigenvalue weighted by atomic mass is 79.9. The Balaban J connectivity index is 1.78. The molecule has 2 aliphatic rings. The molecule has 2 heterocycles. The molecule has 1 aromatic rings. The molecule has 1 fully saturated rings. The first kappa shape index (κ1) is 14.0. The van der Waals surface area contributed by atoms with Crippen LogP contribution in [0.2, 0.25) is 0 Å². The average molecular weight is 342 g/mol. The normalized spacial score (nSPS) is 22.5. The van der Waals surface area contributed by atoms with Crippen molar-refractivity contribution in [2.75, 3.05) is 19.8 Å². The number of rotatable bonds is 1. The lowest BCUT2D eigenvalue weighted by molar-refractivity contribution is -0.140. The monoisotopic (exact) mass is 341 g/mol. The van der Waals surface area contributed by atoms with Gasteiger partial charge in [0.1, 0.15) is 5.82 Å². The van der Waals surface area contributed by atoms with Gasteiger partial charge in [-0.05, 0) is 37.0 Å². The van der Waals surface area contributed by atoms with E-state index in [1.807, 2.05) is 0 Å². The molecule has 5 heteroatoms. The molecule has 3 nitrogen and oxygen atoms in total. The number of halogens is 2. The molecule has 0 radical (unpaired) electrons. The molecule has 1 unspecified atom stereocenters. The third kappa shape index (κ3) is 2.61. The van der Waals surface area contributed by atoms with Gasteiger partial charge in [0.2, 0.25) is 5.91 Å². The molecule has 0 saturated carbocycles. The highest BCUT2D eigenvalue weighted by molar-refractivity contribution is 9.10. The van der Waals surface area contributed by atoms with E-state index in [2.05, 4.69) is 15.9 Å². The summed E-state index contributed by atoms with van der Waals surface area (Å²) in [5.74, 6) is -0.171. The zero-order valence-electron chi connectivity index (χ0n) is 11.2. The fraction of sp³-hybridized carbons (Fsp3) is 0.533. The maximum absolute atomic E-state index is 13.9. The van der Waals surface area contributed by atoms with Crippen molar-refractivity contribution < 1.29 is 13.9 Å². The van der Waals surface area contributed by atoms with Crippen LogP contribution >= 0.6 is 15.9 Å². The van der Waals surface area contributed by atoms with E-state index >= 15 is 0 Å². The standard InChI is InChI=1S/C15H17BrFNO2/c16-13-3-4-14(17)12-8-18(6-5-11(12)13)15(19)10-2-1-7-20-9-10/h3-4,10H,1-2,5-9H2. The van der Waals surface area contributed by atoms with Crippen molar-refractivity contribution in [3.8, 4) is 0 Å². The summed E-state index contributed by atoms with van der Waals surface area (Å²) >= 11 is 3.46. The molecular formula is C15H17BrFNO2. The number of hydrogen-bond donors (Lipinski definition) is 0. The number of amides is 1. The summed E-state index contributed by atoms with van der Waals surface area (Å²) in [6, 6.07) is 3.20. The van der Waals surface area contributed by atoms with Gasteiger partial charge < -0.3 is 9.64 Å². The molecule has 1 atom stereocenters. The van der Waals surface area contributed by atoms with Gasteiger partial charge in [-0.25, -0.2) is 4.39 Å². The minimum Gasteiger partial charge on any atom is -0.381 e. The Morgan fingerprint density at radius 3 is 3.00 bits per heavy atom. The Morgan fingerprint density at radius 2 is 2.25 bits per heavy atom. The van der Waals surface area contributed by atoms with Crippen molar-refractivity contribution in [3.63, 3.8) is 0 Å². The molecule has 1 saturated heterocycles. The maximum Gasteiger partial charge on any atom is 0.228 e. The van der Waals surface area contributed by atoms with Crippen molar-refractivity contribution in [2.24, 2.45) is 5.92 Å². The van der Waals surface area contributed by atoms with Gasteiger partial charge in [0.15, 0.2) is 0 Å². The quantitative estimate of drug-likeness (QED) is 0.786. The van der Waals surface area contributed by atoms with Gasteiger partial charge in [-0.3, -0.25) is 4.79 Å². The zero-order valence-corrected chi connectivity index (χ0v) is 12.8. The van der Waals surface area contributed by atoms with Crippen LogP contribution in [0.3, 0.4) is 0 Å². The van der Waals surface area contributed by atoms with E-state index in [9.17, 15) is 9.18 Å². The molecular weight excluding hydrogens is 325 g/mol. The van der Waals surface area contributed by atoms with E-state index in [1.54, 1.807) is 11.0 Å². The highest BCUT2D eigenvalue weighted by Gasteiger charge is 2.30. The molecule has 1 amide bonds. The van der Waals surface area contributed by atoms with Gasteiger partial charge in [0.05, 0.1) is 12.5 Å². The lowest BCUT2D eigenvalue weighted by Crippen LogP contribution is -2.42. The van der Waals surface area contributed by atoms with Crippen molar-refractivity contribution in [1.82, 2.24) is 4.90 Å². The predicted octanol–water partition coefficient (Wildman–Crippen LogP) is 2.90. The van der Waals surface area contributed by atoms with Crippen LogP contribution in [0.15, 0.2) is 16.6 Å². The number of ether oxygens (including phenoxy) is 1. The topological polar surface area (TPSA) is 29.5 Å². The van der Waals surface area contributed by atoms with Crippen molar-refractivity contribution in [2.45, 2.75) is 25.8 Å². The van der Waals surface area contributed by atoms with Crippen LogP contribution in [0.25, 0.3) is 0 Å². The zero-order chi connectivity index (χ0) is 14.1. The Morgan fingerprint density at radius 1 is 1.40 bits per heavy atom. The molecule has 20 heavy (non-hydrogen) atoms. The van der Waals surface area contributed by atoms with Crippen LogP contribution in [0, 0.1) is 11.7 Å². The second-order valence-corrected chi connectivity index (χ2v) is 6.26. The van der Waals surface area contributed by atoms with E-state index in [0.29, 0.717) is 31.7 Å². The van der Waals surface area contributed by atoms with Crippen molar-refractivity contribution in [1.29, 1.82) is 0 Å². The lowest BCUT2D eigenvalue weighted by Gasteiger charge is -2.33. The summed E-state index contributed by atoms with van der Waals surface area (Å²) in [5.41, 5.74) is 1.64. The van der Waals surface area contributed by atoms with E-state index in [1.165, 1.54) is 6.07 Å². The first-order valence-corrected chi connectivity index (χ1v) is 7.78. The smallest absolute Gasteiger partial charge is 0.228 e. The molecule has 0 bridgehead atoms. The minimum atomic E-state index is -0.222. The van der Waals surface area contributed by atoms with Crippen LogP contribution in [-0.4, -0.2) is 30.6 Å². The third-order valence-electron chi connectivity index (χ3n) is 4.12. The Hall–Kier alpha value is -0.940. The van der Waals surface area contributed by atoms with E-state index in [-0.39, 0.29) is 17.6 Å². The minimum absolute atomic E-state index is 0.0551. The van der Waals surface area contributed by atoms with Gasteiger partial charge in [0, 0.05) is 29.7 Å². The average Bonchev–Trinajstić information content (AvgIpc) is 2.51. The van der Waals surface area contributed by atoms with Crippen LogP contribution in [0.4, 0.5) is 4.39 Å². The van der Waals surface area contributed by atoms with Gasteiger partial charge in [-0.2, -0.15) is 0 Å². The SMILES string of the molecule is O=C(C1CCCOC1)N1CCc2c(Br)ccc(F)c2C1. The fourth-order valence-corrected chi connectivity index (χ4v) is 3.55. The van der Waals surface area contributed by atoms with Crippen LogP contribution in [0.5, 0.6) is 0 Å². The fourth-order valence-electron chi connectivity index (χ4n) is 2.98. The van der Waals surface area contributed by atoms with E-state index in [4.69, 9.17) is 4.74 Å². The van der Waals surface area contributed by atoms with Crippen molar-refractivity contribution >= 4 is 21.8 Å². The summed E-state index contributed by atoms with van der Waals surface area (Å²) in [6.07, 6.45) is 2.51. The first-order chi connectivity index (χ1) is 9.66. The second-order valence-electron chi connectivity index (χ2n) is 5.41. The summed E-state index contributed by atoms with van der Waals surface area (Å²) < 4.78 is 20.3. The van der Waals surface area contributed by atoms with Crippen LogP contribution in [-0.2, 0) is 22.5 Å². The van der Waals surface area contributed by atoms with Gasteiger partial charge in [-0.1, -0.05) is 15.9 Å². The van der Waals surface area contributed by atoms with Crippen molar-refractivity contribution in [3.05, 3.63) is 33.5 Å². The molecule has 108 valence electrons. The van der Waals surface area contributed by atoms with E-state index in [0.717, 1.165) is 29.5 Å². The molecule has 0 N–H and O–H groups in total. The Kier molecular flexibility index (Phi) is 4.08.